The molecule has 3 heterocycles. The van der Waals surface area contributed by atoms with E-state index in [2.05, 4.69) is 21.3 Å². The minimum Gasteiger partial charge on any atom is -0.454 e. The number of cyclic esters (lactones) is 1. The summed E-state index contributed by atoms with van der Waals surface area (Å²) in [5, 5.41) is 7.80. The topological polar surface area (TPSA) is 80.6 Å². The number of benzene rings is 2. The average Bonchev–Trinajstić information content (AvgIpc) is 3.47. The van der Waals surface area contributed by atoms with E-state index in [9.17, 15) is 9.59 Å². The molecule has 0 spiro atoms. The lowest BCUT2D eigenvalue weighted by molar-refractivity contribution is -0.132. The summed E-state index contributed by atoms with van der Waals surface area (Å²) in [6, 6.07) is 13.9. The van der Waals surface area contributed by atoms with E-state index >= 15 is 0 Å². The Hall–Kier alpha value is -3.52. The third-order valence-electron chi connectivity index (χ3n) is 6.48. The number of amides is 1. The van der Waals surface area contributed by atoms with Crippen LogP contribution in [0.2, 0.25) is 0 Å². The summed E-state index contributed by atoms with van der Waals surface area (Å²) in [4.78, 5) is 28.9. The van der Waals surface area contributed by atoms with Gasteiger partial charge in [-0.05, 0) is 42.7 Å². The number of hydrogen-bond acceptors (Lipinski definition) is 6. The lowest BCUT2D eigenvalue weighted by Gasteiger charge is -2.35. The summed E-state index contributed by atoms with van der Waals surface area (Å²) in [5.41, 5.74) is 4.81. The second kappa shape index (κ2) is 9.15. The van der Waals surface area contributed by atoms with Gasteiger partial charge in [-0.2, -0.15) is 0 Å². The van der Waals surface area contributed by atoms with Gasteiger partial charge in [0.1, 0.15) is 6.10 Å². The maximum Gasteiger partial charge on any atom is 0.339 e. The number of piperazine rings is 1. The molecule has 170 valence electrons. The van der Waals surface area contributed by atoms with Gasteiger partial charge >= 0.3 is 5.97 Å². The van der Waals surface area contributed by atoms with E-state index in [4.69, 9.17) is 4.74 Å². The van der Waals surface area contributed by atoms with Crippen molar-refractivity contribution >= 4 is 11.9 Å². The first-order valence-corrected chi connectivity index (χ1v) is 11.4. The molecule has 1 saturated heterocycles. The molecule has 0 saturated carbocycles. The average molecular weight is 446 g/mol. The van der Waals surface area contributed by atoms with Crippen molar-refractivity contribution < 1.29 is 14.3 Å². The Morgan fingerprint density at radius 1 is 1.06 bits per heavy atom. The zero-order chi connectivity index (χ0) is 22.8. The fourth-order valence-electron chi connectivity index (χ4n) is 4.48. The standard InChI is InChI=1S/C25H27N5O3/c1-18-23-16-20(4-7-22(23)25(32)33-18)8-10-28-12-14-29(15-13-28)24(31)17-19-2-5-21(6-3-19)30-11-9-26-27-30/h2-7,9,11,16,18H,8,10,12-15,17H2,1H3. The van der Waals surface area contributed by atoms with Crippen molar-refractivity contribution in [3.63, 3.8) is 0 Å². The fraction of sp³-hybridized carbons (Fsp3) is 0.360. The van der Waals surface area contributed by atoms with Crippen molar-refractivity contribution in [1.29, 1.82) is 0 Å². The number of ether oxygens (including phenoxy) is 1. The quantitative estimate of drug-likeness (QED) is 0.542. The third kappa shape index (κ3) is 4.66. The van der Waals surface area contributed by atoms with Crippen molar-refractivity contribution in [1.82, 2.24) is 24.8 Å². The molecule has 1 unspecified atom stereocenters. The number of fused-ring (bicyclic) bond motifs is 1. The predicted octanol–water partition coefficient (Wildman–Crippen LogP) is 2.43. The van der Waals surface area contributed by atoms with Gasteiger partial charge in [0.25, 0.3) is 0 Å². The summed E-state index contributed by atoms with van der Waals surface area (Å²) in [7, 11) is 0. The van der Waals surface area contributed by atoms with Crippen molar-refractivity contribution in [2.75, 3.05) is 32.7 Å². The molecule has 2 aliphatic heterocycles. The molecule has 0 N–H and O–H groups in total. The van der Waals surface area contributed by atoms with Gasteiger partial charge in [0.2, 0.25) is 5.91 Å². The number of carbonyl (C=O) groups is 2. The van der Waals surface area contributed by atoms with Crippen LogP contribution >= 0.6 is 0 Å². The van der Waals surface area contributed by atoms with Crippen LogP contribution < -0.4 is 0 Å². The van der Waals surface area contributed by atoms with Gasteiger partial charge in [-0.3, -0.25) is 9.69 Å². The molecule has 2 aliphatic rings. The second-order valence-electron chi connectivity index (χ2n) is 8.63. The Balaban J connectivity index is 1.09. The van der Waals surface area contributed by atoms with Crippen molar-refractivity contribution in [2.24, 2.45) is 0 Å². The Labute approximate surface area is 192 Å². The minimum absolute atomic E-state index is 0.166. The van der Waals surface area contributed by atoms with E-state index in [0.29, 0.717) is 12.0 Å². The molecule has 1 fully saturated rings. The van der Waals surface area contributed by atoms with Crippen molar-refractivity contribution in [2.45, 2.75) is 25.9 Å². The van der Waals surface area contributed by atoms with Crippen LogP contribution in [0, 0.1) is 0 Å². The second-order valence-corrected chi connectivity index (χ2v) is 8.63. The molecule has 2 aromatic carbocycles. The largest absolute Gasteiger partial charge is 0.454 e. The Bertz CT molecular complexity index is 1140. The van der Waals surface area contributed by atoms with E-state index in [0.717, 1.165) is 56.0 Å². The molecule has 1 aromatic heterocycles. The van der Waals surface area contributed by atoms with Crippen LogP contribution in [0.5, 0.6) is 0 Å². The molecular formula is C25H27N5O3. The highest BCUT2D eigenvalue weighted by molar-refractivity contribution is 5.94. The molecule has 8 heteroatoms. The van der Waals surface area contributed by atoms with Gasteiger partial charge in [-0.1, -0.05) is 29.5 Å². The van der Waals surface area contributed by atoms with Gasteiger partial charge in [-0.15, -0.1) is 5.10 Å². The molecule has 0 aliphatic carbocycles. The molecule has 1 atom stereocenters. The molecule has 3 aromatic rings. The lowest BCUT2D eigenvalue weighted by atomic mass is 10.0. The first-order chi connectivity index (χ1) is 16.1. The molecular weight excluding hydrogens is 418 g/mol. The Morgan fingerprint density at radius 2 is 1.82 bits per heavy atom. The van der Waals surface area contributed by atoms with Crippen LogP contribution in [-0.2, 0) is 22.4 Å². The number of aromatic nitrogens is 3. The first-order valence-electron chi connectivity index (χ1n) is 11.4. The van der Waals surface area contributed by atoms with Crippen LogP contribution in [0.4, 0.5) is 0 Å². The monoisotopic (exact) mass is 445 g/mol. The van der Waals surface area contributed by atoms with Crippen LogP contribution in [0.1, 0.15) is 40.1 Å². The summed E-state index contributed by atoms with van der Waals surface area (Å²) < 4.78 is 6.98. The predicted molar refractivity (Wildman–Crippen MR) is 122 cm³/mol. The number of rotatable bonds is 6. The molecule has 0 bridgehead atoms. The van der Waals surface area contributed by atoms with Crippen molar-refractivity contribution in [3.8, 4) is 5.69 Å². The molecule has 0 radical (unpaired) electrons. The van der Waals surface area contributed by atoms with Crippen LogP contribution in [-0.4, -0.2) is 69.4 Å². The highest BCUT2D eigenvalue weighted by Crippen LogP contribution is 2.30. The minimum atomic E-state index is -0.226. The first kappa shape index (κ1) is 21.3. The molecule has 8 nitrogen and oxygen atoms in total. The van der Waals surface area contributed by atoms with Gasteiger partial charge in [0, 0.05) is 38.3 Å². The molecule has 5 rings (SSSR count). The van der Waals surface area contributed by atoms with Gasteiger partial charge in [0.05, 0.1) is 30.1 Å². The number of esters is 1. The van der Waals surface area contributed by atoms with E-state index in [1.165, 1.54) is 5.56 Å². The van der Waals surface area contributed by atoms with Gasteiger partial charge in [0.15, 0.2) is 0 Å². The van der Waals surface area contributed by atoms with E-state index in [1.807, 2.05) is 48.2 Å². The summed E-state index contributed by atoms with van der Waals surface area (Å²) in [6.07, 6.45) is 4.59. The summed E-state index contributed by atoms with van der Waals surface area (Å²) >= 11 is 0. The van der Waals surface area contributed by atoms with Crippen molar-refractivity contribution in [3.05, 3.63) is 77.1 Å². The summed E-state index contributed by atoms with van der Waals surface area (Å²) in [5.74, 6) is -0.0589. The maximum atomic E-state index is 12.8. The Kier molecular flexibility index (Phi) is 5.92. The third-order valence-corrected chi connectivity index (χ3v) is 6.48. The number of carbonyl (C=O) groups excluding carboxylic acids is 2. The van der Waals surface area contributed by atoms with E-state index in [1.54, 1.807) is 17.1 Å². The summed E-state index contributed by atoms with van der Waals surface area (Å²) in [6.45, 7) is 6.10. The number of hydrogen-bond donors (Lipinski definition) is 0. The number of nitrogens with zero attached hydrogens (tertiary/aromatic N) is 5. The van der Waals surface area contributed by atoms with Crippen LogP contribution in [0.25, 0.3) is 5.69 Å². The van der Waals surface area contributed by atoms with E-state index in [-0.39, 0.29) is 18.0 Å². The molecule has 1 amide bonds. The van der Waals surface area contributed by atoms with Gasteiger partial charge < -0.3 is 9.64 Å². The zero-order valence-corrected chi connectivity index (χ0v) is 18.7. The lowest BCUT2D eigenvalue weighted by Crippen LogP contribution is -2.49. The Morgan fingerprint density at radius 3 is 2.55 bits per heavy atom. The SMILES string of the molecule is CC1OC(=O)c2ccc(CCN3CCN(C(=O)Cc4ccc(-n5ccnn5)cc4)CC3)cc21. The smallest absolute Gasteiger partial charge is 0.339 e. The van der Waals surface area contributed by atoms with Crippen LogP contribution in [0.3, 0.4) is 0 Å². The molecule has 33 heavy (non-hydrogen) atoms. The fourth-order valence-corrected chi connectivity index (χ4v) is 4.48. The van der Waals surface area contributed by atoms with Crippen LogP contribution in [0.15, 0.2) is 54.9 Å². The van der Waals surface area contributed by atoms with Gasteiger partial charge in [-0.25, -0.2) is 9.48 Å². The van der Waals surface area contributed by atoms with E-state index < -0.39 is 0 Å². The maximum absolute atomic E-state index is 12.8. The zero-order valence-electron chi connectivity index (χ0n) is 18.7. The highest BCUT2D eigenvalue weighted by atomic mass is 16.5. The highest BCUT2D eigenvalue weighted by Gasteiger charge is 2.28. The normalized spacial score (nSPS) is 18.3.